The molecule has 0 aromatic heterocycles. The summed E-state index contributed by atoms with van der Waals surface area (Å²) in [6, 6.07) is 6.60. The molecule has 4 aliphatic rings. The Morgan fingerprint density at radius 1 is 1.13 bits per heavy atom. The third kappa shape index (κ3) is 3.71. The first-order valence-corrected chi connectivity index (χ1v) is 12.3. The van der Waals surface area contributed by atoms with Crippen molar-refractivity contribution < 1.29 is 9.53 Å². The molecule has 1 aromatic rings. The van der Waals surface area contributed by atoms with Gasteiger partial charge in [0.1, 0.15) is 6.10 Å². The summed E-state index contributed by atoms with van der Waals surface area (Å²) in [5, 5.41) is 0. The van der Waals surface area contributed by atoms with E-state index in [-0.39, 0.29) is 23.4 Å². The summed E-state index contributed by atoms with van der Waals surface area (Å²) in [5.41, 5.74) is 7.62. The van der Waals surface area contributed by atoms with Crippen molar-refractivity contribution >= 4 is 11.7 Å². The smallest absolute Gasteiger partial charge is 0.310 e. The second-order valence-electron chi connectivity index (χ2n) is 10.8. The average Bonchev–Trinajstić information content (AvgIpc) is 3.03. The lowest BCUT2D eigenvalue weighted by molar-refractivity contribution is -0.145. The molecule has 2 saturated heterocycles. The van der Waals surface area contributed by atoms with Crippen molar-refractivity contribution in [2.75, 3.05) is 37.6 Å². The van der Waals surface area contributed by atoms with Crippen molar-refractivity contribution in [1.29, 1.82) is 0 Å². The Balaban J connectivity index is 1.25. The van der Waals surface area contributed by atoms with E-state index in [1.807, 2.05) is 0 Å². The number of nitrogens with zero attached hydrogens (tertiary/aromatic N) is 2. The van der Waals surface area contributed by atoms with Gasteiger partial charge < -0.3 is 9.64 Å². The second kappa shape index (κ2) is 7.95. The molecule has 2 aliphatic carbocycles. The third-order valence-electron chi connectivity index (χ3n) is 8.92. The number of aryl methyl sites for hydroxylation is 1. The van der Waals surface area contributed by atoms with Crippen molar-refractivity contribution in [1.82, 2.24) is 4.90 Å². The van der Waals surface area contributed by atoms with E-state index in [9.17, 15) is 4.79 Å². The molecule has 0 N–H and O–H groups in total. The number of allylic oxidation sites excluding steroid dienone is 2. The molecule has 1 saturated carbocycles. The highest BCUT2D eigenvalue weighted by Crippen LogP contribution is 2.55. The first-order valence-electron chi connectivity index (χ1n) is 12.3. The number of ether oxygens (including phenoxy) is 1. The Hall–Kier alpha value is -1.81. The van der Waals surface area contributed by atoms with E-state index in [1.54, 1.807) is 11.1 Å². The molecule has 4 heteroatoms. The quantitative estimate of drug-likeness (QED) is 0.513. The zero-order chi connectivity index (χ0) is 21.8. The molecule has 31 heavy (non-hydrogen) atoms. The highest BCUT2D eigenvalue weighted by molar-refractivity contribution is 5.76. The molecule has 0 spiro atoms. The van der Waals surface area contributed by atoms with Gasteiger partial charge in [-0.25, -0.2) is 0 Å². The molecule has 0 unspecified atom stereocenters. The zero-order valence-electron chi connectivity index (χ0n) is 19.7. The Labute approximate surface area is 187 Å². The van der Waals surface area contributed by atoms with Crippen LogP contribution in [-0.2, 0) is 9.53 Å². The van der Waals surface area contributed by atoms with Gasteiger partial charge in [-0.05, 0) is 75.5 Å². The third-order valence-corrected chi connectivity index (χ3v) is 8.92. The number of piperazine rings is 1. The van der Waals surface area contributed by atoms with Gasteiger partial charge in [0.05, 0.1) is 5.92 Å². The molecule has 168 valence electrons. The predicted molar refractivity (Wildman–Crippen MR) is 125 cm³/mol. The largest absolute Gasteiger partial charge is 0.462 e. The van der Waals surface area contributed by atoms with Crippen LogP contribution in [0.3, 0.4) is 0 Å². The fourth-order valence-electron chi connectivity index (χ4n) is 6.85. The fraction of sp³-hybridized carbons (Fsp3) is 0.667. The monoisotopic (exact) mass is 422 g/mol. The number of rotatable bonds is 3. The van der Waals surface area contributed by atoms with Crippen molar-refractivity contribution in [3.8, 4) is 0 Å². The standard InChI is InChI=1S/C27H38N2O2/c1-18-7-5-9-24(20(18)3)29-13-11-28(12-14-29)17-22-21-15-23-19(2)8-6-10-27(23,4)16-25(21)31-26(22)30/h5,7,9,21-22,25H,6,8,10-17H2,1-4H3/t21-,22-,25-,27-/m1/s1. The van der Waals surface area contributed by atoms with E-state index in [2.05, 4.69) is 55.7 Å². The minimum Gasteiger partial charge on any atom is -0.462 e. The van der Waals surface area contributed by atoms with Crippen LogP contribution in [0.15, 0.2) is 29.3 Å². The maximum atomic E-state index is 12.9. The number of benzene rings is 1. The molecule has 2 aliphatic heterocycles. The van der Waals surface area contributed by atoms with Gasteiger partial charge in [0, 0.05) is 44.3 Å². The van der Waals surface area contributed by atoms with Gasteiger partial charge in [-0.15, -0.1) is 0 Å². The number of fused-ring (bicyclic) bond motifs is 2. The number of hydrogen-bond donors (Lipinski definition) is 0. The van der Waals surface area contributed by atoms with Crippen molar-refractivity contribution in [2.24, 2.45) is 17.3 Å². The molecule has 3 fully saturated rings. The lowest BCUT2D eigenvalue weighted by atomic mass is 9.59. The summed E-state index contributed by atoms with van der Waals surface area (Å²) in [6.07, 6.45) is 6.02. The molecule has 2 heterocycles. The van der Waals surface area contributed by atoms with Gasteiger partial charge >= 0.3 is 5.97 Å². The first kappa shape index (κ1) is 21.1. The Morgan fingerprint density at radius 2 is 1.90 bits per heavy atom. The van der Waals surface area contributed by atoms with Crippen LogP contribution >= 0.6 is 0 Å². The SMILES string of the molecule is CC1=C2C[C@H]3[C@@H](C[C@@]2(C)CCC1)OC(=O)[C@@H]3CN1CCN(c2cccc(C)c2C)CC1. The van der Waals surface area contributed by atoms with E-state index < -0.39 is 0 Å². The minimum absolute atomic E-state index is 0.0454. The minimum atomic E-state index is 0.0454. The molecule has 0 bridgehead atoms. The average molecular weight is 423 g/mol. The van der Waals surface area contributed by atoms with Crippen LogP contribution in [0.4, 0.5) is 5.69 Å². The molecule has 4 nitrogen and oxygen atoms in total. The van der Waals surface area contributed by atoms with Crippen LogP contribution in [-0.4, -0.2) is 49.7 Å². The highest BCUT2D eigenvalue weighted by Gasteiger charge is 2.53. The lowest BCUT2D eigenvalue weighted by Crippen LogP contribution is -2.49. The highest BCUT2D eigenvalue weighted by atomic mass is 16.6. The number of carbonyl (C=O) groups is 1. The van der Waals surface area contributed by atoms with E-state index >= 15 is 0 Å². The topological polar surface area (TPSA) is 32.8 Å². The number of esters is 1. The number of carbonyl (C=O) groups excluding carboxylic acids is 1. The predicted octanol–water partition coefficient (Wildman–Crippen LogP) is 4.88. The Bertz CT molecular complexity index is 898. The first-order chi connectivity index (χ1) is 14.9. The van der Waals surface area contributed by atoms with Gasteiger partial charge in [0.2, 0.25) is 0 Å². The van der Waals surface area contributed by atoms with Gasteiger partial charge in [0.15, 0.2) is 0 Å². The van der Waals surface area contributed by atoms with Crippen LogP contribution in [0, 0.1) is 31.1 Å². The van der Waals surface area contributed by atoms with Crippen molar-refractivity contribution in [2.45, 2.75) is 65.9 Å². The molecular formula is C27H38N2O2. The van der Waals surface area contributed by atoms with Crippen LogP contribution in [0.25, 0.3) is 0 Å². The van der Waals surface area contributed by atoms with E-state index in [1.165, 1.54) is 36.1 Å². The Morgan fingerprint density at radius 3 is 2.68 bits per heavy atom. The summed E-state index contributed by atoms with van der Waals surface area (Å²) in [6.45, 7) is 14.1. The van der Waals surface area contributed by atoms with Gasteiger partial charge in [-0.1, -0.05) is 30.2 Å². The molecule has 4 atom stereocenters. The zero-order valence-corrected chi connectivity index (χ0v) is 19.7. The van der Waals surface area contributed by atoms with Gasteiger partial charge in [-0.3, -0.25) is 9.69 Å². The van der Waals surface area contributed by atoms with Gasteiger partial charge in [0.25, 0.3) is 0 Å². The second-order valence-corrected chi connectivity index (χ2v) is 10.8. The van der Waals surface area contributed by atoms with Crippen LogP contribution in [0.1, 0.15) is 57.1 Å². The molecule has 5 rings (SSSR count). The summed E-state index contributed by atoms with van der Waals surface area (Å²) >= 11 is 0. The summed E-state index contributed by atoms with van der Waals surface area (Å²) in [5.74, 6) is 0.483. The van der Waals surface area contributed by atoms with Crippen LogP contribution in [0.2, 0.25) is 0 Å². The van der Waals surface area contributed by atoms with Crippen molar-refractivity contribution in [3.63, 3.8) is 0 Å². The van der Waals surface area contributed by atoms with E-state index in [0.717, 1.165) is 45.6 Å². The molecular weight excluding hydrogens is 384 g/mol. The summed E-state index contributed by atoms with van der Waals surface area (Å²) in [7, 11) is 0. The summed E-state index contributed by atoms with van der Waals surface area (Å²) < 4.78 is 5.99. The Kier molecular flexibility index (Phi) is 5.40. The summed E-state index contributed by atoms with van der Waals surface area (Å²) in [4.78, 5) is 17.9. The molecule has 0 amide bonds. The maximum absolute atomic E-state index is 12.9. The molecule has 0 radical (unpaired) electrons. The lowest BCUT2D eigenvalue weighted by Gasteiger charge is -2.46. The van der Waals surface area contributed by atoms with E-state index in [0.29, 0.717) is 5.92 Å². The van der Waals surface area contributed by atoms with Crippen molar-refractivity contribution in [3.05, 3.63) is 40.5 Å². The number of hydrogen-bond acceptors (Lipinski definition) is 4. The molecule has 1 aromatic carbocycles. The van der Waals surface area contributed by atoms with Gasteiger partial charge in [-0.2, -0.15) is 0 Å². The van der Waals surface area contributed by atoms with Crippen LogP contribution in [0.5, 0.6) is 0 Å². The van der Waals surface area contributed by atoms with Crippen LogP contribution < -0.4 is 4.90 Å². The number of anilines is 1. The normalized spacial score (nSPS) is 33.9. The maximum Gasteiger partial charge on any atom is 0.310 e. The fourth-order valence-corrected chi connectivity index (χ4v) is 6.85. The van der Waals surface area contributed by atoms with E-state index in [4.69, 9.17) is 4.74 Å².